The fourth-order valence-corrected chi connectivity index (χ4v) is 6.28. The first-order chi connectivity index (χ1) is 14.8. The SMILES string of the molecule is Cc1ccc(C)c(S(=O)(=O)N2CCC[C@H]2CNC(=O)C(=O)NCCC2=CCCCC2)c1. The van der Waals surface area contributed by atoms with Gasteiger partial charge >= 0.3 is 11.8 Å². The number of nitrogens with zero attached hydrogens (tertiary/aromatic N) is 1. The molecule has 7 nitrogen and oxygen atoms in total. The van der Waals surface area contributed by atoms with E-state index in [0.717, 1.165) is 31.2 Å². The van der Waals surface area contributed by atoms with E-state index in [1.165, 1.54) is 22.7 Å². The molecule has 0 unspecified atom stereocenters. The van der Waals surface area contributed by atoms with Gasteiger partial charge in [-0.15, -0.1) is 0 Å². The van der Waals surface area contributed by atoms with Crippen LogP contribution in [0.5, 0.6) is 0 Å². The fourth-order valence-electron chi connectivity index (χ4n) is 4.28. The molecule has 1 aliphatic carbocycles. The van der Waals surface area contributed by atoms with Gasteiger partial charge in [0.15, 0.2) is 0 Å². The normalized spacial score (nSPS) is 19.7. The zero-order chi connectivity index (χ0) is 22.4. The number of nitrogens with one attached hydrogen (secondary N) is 2. The van der Waals surface area contributed by atoms with Crippen molar-refractivity contribution in [3.63, 3.8) is 0 Å². The highest BCUT2D eigenvalue weighted by molar-refractivity contribution is 7.89. The molecule has 31 heavy (non-hydrogen) atoms. The van der Waals surface area contributed by atoms with E-state index in [0.29, 0.717) is 30.0 Å². The van der Waals surface area contributed by atoms with Gasteiger partial charge in [0.05, 0.1) is 4.90 Å². The molecular formula is C23H33N3O4S. The Kier molecular flexibility index (Phi) is 7.89. The van der Waals surface area contributed by atoms with E-state index < -0.39 is 21.8 Å². The number of allylic oxidation sites excluding steroid dienone is 1. The van der Waals surface area contributed by atoms with Crippen LogP contribution >= 0.6 is 0 Å². The molecule has 1 atom stereocenters. The lowest BCUT2D eigenvalue weighted by molar-refractivity contribution is -0.139. The van der Waals surface area contributed by atoms with E-state index in [4.69, 9.17) is 0 Å². The third-order valence-corrected chi connectivity index (χ3v) is 8.17. The molecule has 1 saturated heterocycles. The van der Waals surface area contributed by atoms with Gasteiger partial charge in [-0.25, -0.2) is 8.42 Å². The summed E-state index contributed by atoms with van der Waals surface area (Å²) in [7, 11) is -3.66. The van der Waals surface area contributed by atoms with Crippen LogP contribution in [0.15, 0.2) is 34.7 Å². The highest BCUT2D eigenvalue weighted by Crippen LogP contribution is 2.28. The molecular weight excluding hydrogens is 414 g/mol. The van der Waals surface area contributed by atoms with Crippen molar-refractivity contribution in [3.8, 4) is 0 Å². The lowest BCUT2D eigenvalue weighted by Gasteiger charge is -2.25. The Bertz CT molecular complexity index is 956. The highest BCUT2D eigenvalue weighted by Gasteiger charge is 2.36. The second-order valence-corrected chi connectivity index (χ2v) is 10.4. The van der Waals surface area contributed by atoms with Gasteiger partial charge in [0.2, 0.25) is 10.0 Å². The molecule has 8 heteroatoms. The summed E-state index contributed by atoms with van der Waals surface area (Å²) in [4.78, 5) is 24.6. The van der Waals surface area contributed by atoms with Gasteiger partial charge in [0.25, 0.3) is 0 Å². The molecule has 1 fully saturated rings. The van der Waals surface area contributed by atoms with Crippen LogP contribution in [0.2, 0.25) is 0 Å². The minimum absolute atomic E-state index is 0.126. The summed E-state index contributed by atoms with van der Waals surface area (Å²) < 4.78 is 27.9. The smallest absolute Gasteiger partial charge is 0.309 e. The molecule has 170 valence electrons. The Morgan fingerprint density at radius 3 is 2.61 bits per heavy atom. The molecule has 2 N–H and O–H groups in total. The van der Waals surface area contributed by atoms with E-state index in [2.05, 4.69) is 16.7 Å². The van der Waals surface area contributed by atoms with E-state index in [1.54, 1.807) is 13.0 Å². The van der Waals surface area contributed by atoms with Gasteiger partial charge in [-0.3, -0.25) is 9.59 Å². The first kappa shape index (κ1) is 23.5. The monoisotopic (exact) mass is 447 g/mol. The van der Waals surface area contributed by atoms with Crippen molar-refractivity contribution >= 4 is 21.8 Å². The summed E-state index contributed by atoms with van der Waals surface area (Å²) in [6.07, 6.45) is 8.93. The molecule has 2 amide bonds. The zero-order valence-electron chi connectivity index (χ0n) is 18.4. The Hall–Kier alpha value is -2.19. The lowest BCUT2D eigenvalue weighted by atomic mass is 9.97. The first-order valence-electron chi connectivity index (χ1n) is 11.1. The van der Waals surface area contributed by atoms with Crippen molar-refractivity contribution in [2.24, 2.45) is 0 Å². The van der Waals surface area contributed by atoms with Crippen molar-refractivity contribution < 1.29 is 18.0 Å². The summed E-state index contributed by atoms with van der Waals surface area (Å²) >= 11 is 0. The molecule has 0 saturated carbocycles. The number of hydrogen-bond donors (Lipinski definition) is 2. The summed E-state index contributed by atoms with van der Waals surface area (Å²) in [6, 6.07) is 5.03. The lowest BCUT2D eigenvalue weighted by Crippen LogP contribution is -2.47. The maximum atomic E-state index is 13.2. The Morgan fingerprint density at radius 1 is 1.10 bits per heavy atom. The first-order valence-corrected chi connectivity index (χ1v) is 12.6. The molecule has 0 aromatic heterocycles. The molecule has 0 bridgehead atoms. The average molecular weight is 448 g/mol. The van der Waals surface area contributed by atoms with E-state index >= 15 is 0 Å². The molecule has 1 aromatic carbocycles. The third kappa shape index (κ3) is 5.95. The number of carbonyl (C=O) groups excluding carboxylic acids is 2. The zero-order valence-corrected chi connectivity index (χ0v) is 19.3. The predicted octanol–water partition coefficient (Wildman–Crippen LogP) is 2.58. The summed E-state index contributed by atoms with van der Waals surface area (Å²) in [5, 5.41) is 5.28. The molecule has 1 heterocycles. The maximum Gasteiger partial charge on any atom is 0.309 e. The third-order valence-electron chi connectivity index (χ3n) is 6.07. The summed E-state index contributed by atoms with van der Waals surface area (Å²) in [5.74, 6) is -1.38. The average Bonchev–Trinajstić information content (AvgIpc) is 3.24. The van der Waals surface area contributed by atoms with Gasteiger partial charge in [0, 0.05) is 25.7 Å². The minimum Gasteiger partial charge on any atom is -0.348 e. The Balaban J connectivity index is 1.53. The molecule has 0 spiro atoms. The number of hydrogen-bond acceptors (Lipinski definition) is 4. The minimum atomic E-state index is -3.66. The second kappa shape index (κ2) is 10.4. The van der Waals surface area contributed by atoms with Crippen molar-refractivity contribution in [1.29, 1.82) is 0 Å². The van der Waals surface area contributed by atoms with Crippen LogP contribution in [0.25, 0.3) is 0 Å². The quantitative estimate of drug-likeness (QED) is 0.496. The van der Waals surface area contributed by atoms with E-state index in [-0.39, 0.29) is 12.6 Å². The number of aryl methyl sites for hydroxylation is 2. The largest absolute Gasteiger partial charge is 0.348 e. The van der Waals surface area contributed by atoms with Crippen LogP contribution in [0.4, 0.5) is 0 Å². The predicted molar refractivity (Wildman–Crippen MR) is 120 cm³/mol. The fraction of sp³-hybridized carbons (Fsp3) is 0.565. The van der Waals surface area contributed by atoms with Crippen molar-refractivity contribution in [1.82, 2.24) is 14.9 Å². The molecule has 3 rings (SSSR count). The Labute approximate surface area is 185 Å². The van der Waals surface area contributed by atoms with Gasteiger partial charge in [0.1, 0.15) is 0 Å². The van der Waals surface area contributed by atoms with Crippen LogP contribution in [0.1, 0.15) is 56.1 Å². The number of sulfonamides is 1. The van der Waals surface area contributed by atoms with E-state index in [1.807, 2.05) is 19.1 Å². The van der Waals surface area contributed by atoms with Crippen LogP contribution < -0.4 is 10.6 Å². The van der Waals surface area contributed by atoms with Gasteiger partial charge in [-0.05, 0) is 76.0 Å². The molecule has 2 aliphatic rings. The van der Waals surface area contributed by atoms with E-state index in [9.17, 15) is 18.0 Å². The van der Waals surface area contributed by atoms with Crippen LogP contribution in [-0.4, -0.2) is 50.2 Å². The number of benzene rings is 1. The Morgan fingerprint density at radius 2 is 1.87 bits per heavy atom. The maximum absolute atomic E-state index is 13.2. The molecule has 1 aliphatic heterocycles. The van der Waals surface area contributed by atoms with Crippen LogP contribution in [0, 0.1) is 13.8 Å². The van der Waals surface area contributed by atoms with Crippen molar-refractivity contribution in [3.05, 3.63) is 41.0 Å². The number of rotatable bonds is 7. The molecule has 0 radical (unpaired) electrons. The van der Waals surface area contributed by atoms with Crippen molar-refractivity contribution in [2.45, 2.75) is 69.7 Å². The summed E-state index contributed by atoms with van der Waals surface area (Å²) in [5.41, 5.74) is 2.92. The number of carbonyl (C=O) groups is 2. The second-order valence-electron chi connectivity index (χ2n) is 8.50. The van der Waals surface area contributed by atoms with Gasteiger partial charge in [-0.2, -0.15) is 4.31 Å². The standard InChI is InChI=1S/C23H33N3O4S/c1-17-10-11-18(2)21(15-17)31(29,30)26-14-6-9-20(26)16-25-23(28)22(27)24-13-12-19-7-4-3-5-8-19/h7,10-11,15,20H,3-6,8-9,12-14,16H2,1-2H3,(H,24,27)(H,25,28)/t20-/m0/s1. The van der Waals surface area contributed by atoms with Gasteiger partial charge < -0.3 is 10.6 Å². The van der Waals surface area contributed by atoms with Gasteiger partial charge in [-0.1, -0.05) is 23.8 Å². The van der Waals surface area contributed by atoms with Crippen LogP contribution in [-0.2, 0) is 19.6 Å². The number of amides is 2. The van der Waals surface area contributed by atoms with Crippen LogP contribution in [0.3, 0.4) is 0 Å². The highest BCUT2D eigenvalue weighted by atomic mass is 32.2. The topological polar surface area (TPSA) is 95.6 Å². The molecule has 1 aromatic rings. The van der Waals surface area contributed by atoms with Crippen molar-refractivity contribution in [2.75, 3.05) is 19.6 Å². The summed E-state index contributed by atoms with van der Waals surface area (Å²) in [6.45, 7) is 4.63.